The van der Waals surface area contributed by atoms with Gasteiger partial charge in [-0.1, -0.05) is 20.8 Å². The van der Waals surface area contributed by atoms with E-state index in [1.165, 1.54) is 4.90 Å². The summed E-state index contributed by atoms with van der Waals surface area (Å²) in [6.07, 6.45) is 0.779. The Labute approximate surface area is 127 Å². The maximum absolute atomic E-state index is 12.6. The summed E-state index contributed by atoms with van der Waals surface area (Å²) < 4.78 is 23.3. The van der Waals surface area contributed by atoms with Crippen molar-refractivity contribution in [1.29, 1.82) is 0 Å². The highest BCUT2D eigenvalue weighted by molar-refractivity contribution is 7.91. The summed E-state index contributed by atoms with van der Waals surface area (Å²) >= 11 is 0. The van der Waals surface area contributed by atoms with E-state index in [9.17, 15) is 18.0 Å². The lowest BCUT2D eigenvalue weighted by Crippen LogP contribution is -2.48. The third-order valence-electron chi connectivity index (χ3n) is 3.72. The monoisotopic (exact) mass is 318 g/mol. The van der Waals surface area contributed by atoms with Gasteiger partial charge in [-0.3, -0.25) is 9.59 Å². The first kappa shape index (κ1) is 17.9. The first-order valence-corrected chi connectivity index (χ1v) is 9.28. The maximum Gasteiger partial charge on any atom is 0.245 e. The maximum atomic E-state index is 12.6. The predicted molar refractivity (Wildman–Crippen MR) is 81.5 cm³/mol. The van der Waals surface area contributed by atoms with Crippen LogP contribution >= 0.6 is 0 Å². The summed E-state index contributed by atoms with van der Waals surface area (Å²) in [5, 5.41) is 2.75. The molecule has 2 unspecified atom stereocenters. The molecule has 0 aromatic rings. The Morgan fingerprint density at radius 3 is 2.48 bits per heavy atom. The number of hydrogen-bond acceptors (Lipinski definition) is 4. The third kappa shape index (κ3) is 5.30. The molecular weight excluding hydrogens is 292 g/mol. The van der Waals surface area contributed by atoms with Gasteiger partial charge in [0.1, 0.15) is 6.04 Å². The minimum absolute atomic E-state index is 0.0534. The highest BCUT2D eigenvalue weighted by Gasteiger charge is 2.34. The van der Waals surface area contributed by atoms with Gasteiger partial charge >= 0.3 is 0 Å². The number of rotatable bonds is 6. The zero-order chi connectivity index (χ0) is 16.2. The molecule has 0 aromatic heterocycles. The zero-order valence-electron chi connectivity index (χ0n) is 13.3. The van der Waals surface area contributed by atoms with Crippen molar-refractivity contribution in [2.24, 2.45) is 5.92 Å². The van der Waals surface area contributed by atoms with Gasteiger partial charge in [-0.15, -0.1) is 0 Å². The molecule has 21 heavy (non-hydrogen) atoms. The Balaban J connectivity index is 2.87. The first-order valence-electron chi connectivity index (χ1n) is 7.46. The molecule has 2 amide bonds. The van der Waals surface area contributed by atoms with Gasteiger partial charge in [-0.2, -0.15) is 0 Å². The number of carbonyl (C=O) groups excluding carboxylic acids is 2. The molecule has 6 nitrogen and oxygen atoms in total. The second-order valence-corrected chi connectivity index (χ2v) is 8.54. The molecule has 0 bridgehead atoms. The summed E-state index contributed by atoms with van der Waals surface area (Å²) in [5.74, 6) is -0.0392. The number of sulfone groups is 1. The van der Waals surface area contributed by atoms with Crippen LogP contribution in [-0.4, -0.2) is 55.3 Å². The van der Waals surface area contributed by atoms with Gasteiger partial charge in [0.05, 0.1) is 5.75 Å². The molecule has 0 aromatic carbocycles. The van der Waals surface area contributed by atoms with E-state index in [-0.39, 0.29) is 48.2 Å². The van der Waals surface area contributed by atoms with Crippen LogP contribution < -0.4 is 5.32 Å². The summed E-state index contributed by atoms with van der Waals surface area (Å²) in [4.78, 5) is 25.9. The van der Waals surface area contributed by atoms with Crippen LogP contribution in [0, 0.1) is 5.92 Å². The number of nitrogens with one attached hydrogen (secondary N) is 1. The molecule has 0 saturated carbocycles. The molecule has 7 heteroatoms. The van der Waals surface area contributed by atoms with Crippen LogP contribution in [0.1, 0.15) is 40.5 Å². The molecule has 1 aliphatic rings. The van der Waals surface area contributed by atoms with Gasteiger partial charge in [0.2, 0.25) is 11.8 Å². The van der Waals surface area contributed by atoms with E-state index in [0.717, 1.165) is 0 Å². The van der Waals surface area contributed by atoms with Crippen LogP contribution in [0.2, 0.25) is 0 Å². The predicted octanol–water partition coefficient (Wildman–Crippen LogP) is 0.573. The second kappa shape index (κ2) is 7.24. The van der Waals surface area contributed by atoms with Crippen LogP contribution in [0.25, 0.3) is 0 Å². The Morgan fingerprint density at radius 2 is 1.95 bits per heavy atom. The van der Waals surface area contributed by atoms with Crippen molar-refractivity contribution < 1.29 is 18.0 Å². The van der Waals surface area contributed by atoms with Crippen LogP contribution in [-0.2, 0) is 19.4 Å². The minimum atomic E-state index is -3.13. The van der Waals surface area contributed by atoms with Crippen molar-refractivity contribution in [3.8, 4) is 0 Å². The molecule has 122 valence electrons. The topological polar surface area (TPSA) is 83.6 Å². The molecule has 1 N–H and O–H groups in total. The molecule has 2 atom stereocenters. The molecule has 0 radical (unpaired) electrons. The van der Waals surface area contributed by atoms with Crippen molar-refractivity contribution in [3.05, 3.63) is 0 Å². The molecule has 1 rings (SSSR count). The lowest BCUT2D eigenvalue weighted by Gasteiger charge is -2.29. The minimum Gasteiger partial charge on any atom is -0.344 e. The van der Waals surface area contributed by atoms with Gasteiger partial charge in [-0.05, 0) is 19.3 Å². The van der Waals surface area contributed by atoms with Crippen LogP contribution in [0.3, 0.4) is 0 Å². The van der Waals surface area contributed by atoms with Gasteiger partial charge in [0.25, 0.3) is 0 Å². The van der Waals surface area contributed by atoms with Crippen LogP contribution in [0.15, 0.2) is 0 Å². The van der Waals surface area contributed by atoms with Crippen LogP contribution in [0.5, 0.6) is 0 Å². The molecule has 1 heterocycles. The zero-order valence-corrected chi connectivity index (χ0v) is 14.1. The number of nitrogens with zero attached hydrogens (tertiary/aromatic N) is 1. The fourth-order valence-corrected chi connectivity index (χ4v) is 3.22. The van der Waals surface area contributed by atoms with Gasteiger partial charge in [0, 0.05) is 24.8 Å². The van der Waals surface area contributed by atoms with E-state index in [4.69, 9.17) is 0 Å². The molecule has 0 aliphatic carbocycles. The normalized spacial score (nSPS) is 24.1. The van der Waals surface area contributed by atoms with E-state index in [2.05, 4.69) is 5.32 Å². The molecular formula is C14H26N2O4S. The highest BCUT2D eigenvalue weighted by Crippen LogP contribution is 2.16. The lowest BCUT2D eigenvalue weighted by atomic mass is 10.0. The largest absolute Gasteiger partial charge is 0.344 e. The Hall–Kier alpha value is -1.11. The van der Waals surface area contributed by atoms with Crippen molar-refractivity contribution in [1.82, 2.24) is 10.2 Å². The van der Waals surface area contributed by atoms with Crippen molar-refractivity contribution >= 4 is 21.7 Å². The quantitative estimate of drug-likeness (QED) is 0.776. The van der Waals surface area contributed by atoms with E-state index in [1.807, 2.05) is 13.8 Å². The van der Waals surface area contributed by atoms with Crippen LogP contribution in [0.4, 0.5) is 0 Å². The van der Waals surface area contributed by atoms with E-state index in [0.29, 0.717) is 6.42 Å². The van der Waals surface area contributed by atoms with Gasteiger partial charge < -0.3 is 10.2 Å². The molecule has 1 fully saturated rings. The highest BCUT2D eigenvalue weighted by atomic mass is 32.2. The molecule has 1 saturated heterocycles. The fraction of sp³-hybridized carbons (Fsp3) is 0.857. The SMILES string of the molecule is CCS(=O)(=O)CCN1C(=O)C(CC(C)C)NC(=O)CC1C. The fourth-order valence-electron chi connectivity index (χ4n) is 2.45. The summed E-state index contributed by atoms with van der Waals surface area (Å²) in [6, 6.07) is -0.825. The number of hydrogen-bond donors (Lipinski definition) is 1. The number of carbonyl (C=O) groups is 2. The van der Waals surface area contributed by atoms with Gasteiger partial charge in [0.15, 0.2) is 9.84 Å². The summed E-state index contributed by atoms with van der Waals surface area (Å²) in [5.41, 5.74) is 0. The Bertz CT molecular complexity index is 487. The first-order chi connectivity index (χ1) is 9.66. The number of amides is 2. The van der Waals surface area contributed by atoms with Crippen molar-refractivity contribution in [2.75, 3.05) is 18.1 Å². The third-order valence-corrected chi connectivity index (χ3v) is 5.40. The average Bonchev–Trinajstić information content (AvgIpc) is 2.45. The van der Waals surface area contributed by atoms with Crippen molar-refractivity contribution in [2.45, 2.75) is 52.6 Å². The smallest absolute Gasteiger partial charge is 0.245 e. The van der Waals surface area contributed by atoms with Gasteiger partial charge in [-0.25, -0.2) is 8.42 Å². The van der Waals surface area contributed by atoms with Crippen molar-refractivity contribution in [3.63, 3.8) is 0 Å². The van der Waals surface area contributed by atoms with E-state index < -0.39 is 15.9 Å². The average molecular weight is 318 g/mol. The molecule has 1 aliphatic heterocycles. The standard InChI is InChI=1S/C14H26N2O4S/c1-5-21(19,20)7-6-16-11(4)9-13(17)15-12(14(16)18)8-10(2)3/h10-12H,5-9H2,1-4H3,(H,15,17). The Morgan fingerprint density at radius 1 is 1.33 bits per heavy atom. The summed E-state index contributed by atoms with van der Waals surface area (Å²) in [6.45, 7) is 7.50. The lowest BCUT2D eigenvalue weighted by molar-refractivity contribution is -0.135. The summed E-state index contributed by atoms with van der Waals surface area (Å²) in [7, 11) is -3.13. The van der Waals surface area contributed by atoms with E-state index >= 15 is 0 Å². The second-order valence-electron chi connectivity index (χ2n) is 6.07. The Kier molecular flexibility index (Phi) is 6.19. The van der Waals surface area contributed by atoms with E-state index in [1.54, 1.807) is 13.8 Å². The molecule has 0 spiro atoms.